The summed E-state index contributed by atoms with van der Waals surface area (Å²) in [6.07, 6.45) is 6.04. The Morgan fingerprint density at radius 3 is 2.90 bits per heavy atom. The third-order valence-corrected chi connectivity index (χ3v) is 2.89. The summed E-state index contributed by atoms with van der Waals surface area (Å²) in [7, 11) is 0. The van der Waals surface area contributed by atoms with Crippen LogP contribution in [-0.2, 0) is 6.54 Å². The highest BCUT2D eigenvalue weighted by atomic mass is 16.5. The van der Waals surface area contributed by atoms with Crippen LogP contribution in [0.1, 0.15) is 6.42 Å². The number of benzene rings is 1. The van der Waals surface area contributed by atoms with Gasteiger partial charge in [-0.2, -0.15) is 0 Å². The predicted molar refractivity (Wildman–Crippen MR) is 77.7 cm³/mol. The van der Waals surface area contributed by atoms with Crippen molar-refractivity contribution in [2.75, 3.05) is 19.7 Å². The molecule has 20 heavy (non-hydrogen) atoms. The molecule has 0 bridgehead atoms. The van der Waals surface area contributed by atoms with E-state index in [2.05, 4.69) is 10.3 Å². The molecule has 0 spiro atoms. The van der Waals surface area contributed by atoms with Crippen molar-refractivity contribution in [1.82, 2.24) is 14.9 Å². The first kappa shape index (κ1) is 14.6. The largest absolute Gasteiger partial charge is 0.491 e. The molecule has 0 aliphatic carbocycles. The Kier molecular flexibility index (Phi) is 6.07. The van der Waals surface area contributed by atoms with Gasteiger partial charge in [-0.15, -0.1) is 0 Å². The summed E-state index contributed by atoms with van der Waals surface area (Å²) in [5.41, 5.74) is 0. The molecule has 5 heteroatoms. The summed E-state index contributed by atoms with van der Waals surface area (Å²) in [6.45, 7) is 2.64. The van der Waals surface area contributed by atoms with Crippen molar-refractivity contribution >= 4 is 0 Å². The third kappa shape index (κ3) is 5.42. The Balaban J connectivity index is 1.51. The van der Waals surface area contributed by atoms with Gasteiger partial charge in [0.05, 0.1) is 6.33 Å². The monoisotopic (exact) mass is 275 g/mol. The molecule has 1 aromatic heterocycles. The van der Waals surface area contributed by atoms with Gasteiger partial charge in [0.15, 0.2) is 0 Å². The number of rotatable bonds is 9. The van der Waals surface area contributed by atoms with Crippen LogP contribution in [0, 0.1) is 0 Å². The predicted octanol–water partition coefficient (Wildman–Crippen LogP) is 1.30. The maximum atomic E-state index is 9.79. The van der Waals surface area contributed by atoms with Gasteiger partial charge in [-0.25, -0.2) is 4.98 Å². The minimum atomic E-state index is -0.497. The fraction of sp³-hybridized carbons (Fsp3) is 0.400. The highest BCUT2D eigenvalue weighted by molar-refractivity contribution is 5.20. The number of imidazole rings is 1. The van der Waals surface area contributed by atoms with Gasteiger partial charge >= 0.3 is 0 Å². The van der Waals surface area contributed by atoms with Crippen molar-refractivity contribution in [3.63, 3.8) is 0 Å². The molecule has 0 saturated carbocycles. The van der Waals surface area contributed by atoms with Crippen LogP contribution >= 0.6 is 0 Å². The minimum Gasteiger partial charge on any atom is -0.491 e. The lowest BCUT2D eigenvalue weighted by Gasteiger charge is -2.13. The maximum absolute atomic E-state index is 9.79. The molecular weight excluding hydrogens is 254 g/mol. The Morgan fingerprint density at radius 2 is 2.15 bits per heavy atom. The number of nitrogens with zero attached hydrogens (tertiary/aromatic N) is 2. The van der Waals surface area contributed by atoms with E-state index in [4.69, 9.17) is 4.74 Å². The van der Waals surface area contributed by atoms with Crippen LogP contribution in [0.2, 0.25) is 0 Å². The molecule has 0 fully saturated rings. The lowest BCUT2D eigenvalue weighted by molar-refractivity contribution is 0.106. The van der Waals surface area contributed by atoms with Crippen LogP contribution < -0.4 is 10.1 Å². The minimum absolute atomic E-state index is 0.304. The van der Waals surface area contributed by atoms with E-state index >= 15 is 0 Å². The van der Waals surface area contributed by atoms with Crippen molar-refractivity contribution in [2.24, 2.45) is 0 Å². The lowest BCUT2D eigenvalue weighted by atomic mass is 10.3. The number of hydrogen-bond acceptors (Lipinski definition) is 4. The number of aromatic nitrogens is 2. The number of hydrogen-bond donors (Lipinski definition) is 2. The molecule has 0 amide bonds. The van der Waals surface area contributed by atoms with E-state index in [1.165, 1.54) is 0 Å². The van der Waals surface area contributed by atoms with Gasteiger partial charge < -0.3 is 19.7 Å². The molecule has 2 rings (SSSR count). The van der Waals surface area contributed by atoms with Crippen molar-refractivity contribution in [1.29, 1.82) is 0 Å². The molecule has 1 heterocycles. The molecule has 0 aliphatic rings. The quantitative estimate of drug-likeness (QED) is 0.677. The zero-order valence-corrected chi connectivity index (χ0v) is 11.5. The fourth-order valence-electron chi connectivity index (χ4n) is 1.84. The summed E-state index contributed by atoms with van der Waals surface area (Å²) in [5.74, 6) is 0.784. The SMILES string of the molecule is O[C@H](CNCCCn1ccnc1)COc1ccccc1. The van der Waals surface area contributed by atoms with Gasteiger partial charge in [0, 0.05) is 25.5 Å². The van der Waals surface area contributed by atoms with E-state index in [0.29, 0.717) is 13.2 Å². The zero-order chi connectivity index (χ0) is 14.0. The second kappa shape index (κ2) is 8.35. The molecule has 0 aliphatic heterocycles. The van der Waals surface area contributed by atoms with Gasteiger partial charge in [-0.3, -0.25) is 0 Å². The highest BCUT2D eigenvalue weighted by Crippen LogP contribution is 2.08. The molecule has 1 atom stereocenters. The molecule has 2 N–H and O–H groups in total. The number of aliphatic hydroxyl groups is 1. The van der Waals surface area contributed by atoms with Crippen LogP contribution in [0.3, 0.4) is 0 Å². The van der Waals surface area contributed by atoms with E-state index in [1.807, 2.05) is 47.4 Å². The van der Waals surface area contributed by atoms with Gasteiger partial charge in [0.2, 0.25) is 0 Å². The molecule has 2 aromatic rings. The summed E-state index contributed by atoms with van der Waals surface area (Å²) in [4.78, 5) is 3.99. The van der Waals surface area contributed by atoms with Crippen LogP contribution in [0.25, 0.3) is 0 Å². The van der Waals surface area contributed by atoms with Crippen LogP contribution in [-0.4, -0.2) is 40.5 Å². The second-order valence-corrected chi connectivity index (χ2v) is 4.64. The van der Waals surface area contributed by atoms with Crippen molar-refractivity contribution in [2.45, 2.75) is 19.1 Å². The number of ether oxygens (including phenoxy) is 1. The first-order valence-corrected chi connectivity index (χ1v) is 6.87. The third-order valence-electron chi connectivity index (χ3n) is 2.89. The molecule has 108 valence electrons. The molecule has 0 radical (unpaired) electrons. The Labute approximate surface area is 119 Å². The first-order chi connectivity index (χ1) is 9.84. The van der Waals surface area contributed by atoms with E-state index in [-0.39, 0.29) is 0 Å². The van der Waals surface area contributed by atoms with E-state index in [0.717, 1.165) is 25.3 Å². The van der Waals surface area contributed by atoms with E-state index < -0.39 is 6.10 Å². The van der Waals surface area contributed by atoms with Crippen LogP contribution in [0.5, 0.6) is 5.75 Å². The van der Waals surface area contributed by atoms with Crippen molar-refractivity contribution < 1.29 is 9.84 Å². The number of aryl methyl sites for hydroxylation is 1. The number of para-hydroxylation sites is 1. The fourth-order valence-corrected chi connectivity index (χ4v) is 1.84. The maximum Gasteiger partial charge on any atom is 0.119 e. The Bertz CT molecular complexity index is 459. The normalized spacial score (nSPS) is 12.2. The van der Waals surface area contributed by atoms with Gasteiger partial charge in [-0.1, -0.05) is 18.2 Å². The first-order valence-electron chi connectivity index (χ1n) is 6.87. The Hall–Kier alpha value is -1.85. The highest BCUT2D eigenvalue weighted by Gasteiger charge is 2.04. The summed E-state index contributed by atoms with van der Waals surface area (Å²) >= 11 is 0. The number of aliphatic hydroxyl groups excluding tert-OH is 1. The van der Waals surface area contributed by atoms with Crippen LogP contribution in [0.4, 0.5) is 0 Å². The lowest BCUT2D eigenvalue weighted by Crippen LogP contribution is -2.32. The summed E-state index contributed by atoms with van der Waals surface area (Å²) in [5, 5.41) is 13.0. The average Bonchev–Trinajstić information content (AvgIpc) is 2.99. The Morgan fingerprint density at radius 1 is 1.30 bits per heavy atom. The molecule has 5 nitrogen and oxygen atoms in total. The summed E-state index contributed by atoms with van der Waals surface area (Å²) < 4.78 is 7.52. The van der Waals surface area contributed by atoms with Gasteiger partial charge in [0.25, 0.3) is 0 Å². The average molecular weight is 275 g/mol. The van der Waals surface area contributed by atoms with Crippen molar-refractivity contribution in [3.05, 3.63) is 49.1 Å². The zero-order valence-electron chi connectivity index (χ0n) is 11.5. The van der Waals surface area contributed by atoms with Gasteiger partial charge in [-0.05, 0) is 25.1 Å². The topological polar surface area (TPSA) is 59.3 Å². The number of nitrogens with one attached hydrogen (secondary N) is 1. The smallest absolute Gasteiger partial charge is 0.119 e. The molecule has 0 saturated heterocycles. The summed E-state index contributed by atoms with van der Waals surface area (Å²) in [6, 6.07) is 9.52. The van der Waals surface area contributed by atoms with Crippen molar-refractivity contribution in [3.8, 4) is 5.75 Å². The van der Waals surface area contributed by atoms with Crippen LogP contribution in [0.15, 0.2) is 49.1 Å². The van der Waals surface area contributed by atoms with E-state index in [9.17, 15) is 5.11 Å². The second-order valence-electron chi connectivity index (χ2n) is 4.64. The molecule has 1 aromatic carbocycles. The molecule has 0 unspecified atom stereocenters. The standard InChI is InChI=1S/C15H21N3O2/c19-14(12-20-15-5-2-1-3-6-15)11-16-7-4-9-18-10-8-17-13-18/h1-3,5-6,8,10,13-14,16,19H,4,7,9,11-12H2/t14-/m1/s1. The van der Waals surface area contributed by atoms with E-state index in [1.54, 1.807) is 6.20 Å². The molecular formula is C15H21N3O2. The van der Waals surface area contributed by atoms with Gasteiger partial charge in [0.1, 0.15) is 18.5 Å².